The van der Waals surface area contributed by atoms with Crippen molar-refractivity contribution in [3.05, 3.63) is 211 Å². The molecule has 62 heavy (non-hydrogen) atoms. The van der Waals surface area contributed by atoms with E-state index in [4.69, 9.17) is 9.40 Å². The molecule has 0 atom stereocenters. The molecule has 8 aromatic carbocycles. The highest BCUT2D eigenvalue weighted by atomic mass is 28.3. The van der Waals surface area contributed by atoms with Gasteiger partial charge < -0.3 is 8.98 Å². The number of nitrogens with zero attached hydrogens (tertiary/aromatic N) is 5. The van der Waals surface area contributed by atoms with Gasteiger partial charge in [0.1, 0.15) is 22.9 Å². The molecule has 0 bridgehead atoms. The van der Waals surface area contributed by atoms with Gasteiger partial charge in [-0.2, -0.15) is 10.5 Å². The van der Waals surface area contributed by atoms with Crippen LogP contribution in [0.3, 0.4) is 0 Å². The van der Waals surface area contributed by atoms with E-state index < -0.39 is 8.07 Å². The number of para-hydroxylation sites is 2. The number of hydrogen-bond acceptors (Lipinski definition) is 4. The van der Waals surface area contributed by atoms with Crippen molar-refractivity contribution in [3.8, 4) is 23.5 Å². The Morgan fingerprint density at radius 1 is 0.452 bits per heavy atom. The quantitative estimate of drug-likeness (QED) is 0.124. The SMILES string of the molecule is N#Cc1ccc2c(c1)c1cccnc1n2-c1ccc([Si](c2ccccc2)(c2ccccc2)c2cccc(-n3c4ccccc4c4c5c(ccc43)oc3ccccc35)c2)cc1C#N. The van der Waals surface area contributed by atoms with Crippen LogP contribution < -0.4 is 20.7 Å². The average molecular weight is 808 g/mol. The van der Waals surface area contributed by atoms with Gasteiger partial charge in [0.2, 0.25) is 0 Å². The van der Waals surface area contributed by atoms with Crippen molar-refractivity contribution in [1.82, 2.24) is 14.1 Å². The van der Waals surface area contributed by atoms with Crippen molar-refractivity contribution >= 4 is 94.5 Å². The predicted molar refractivity (Wildman–Crippen MR) is 253 cm³/mol. The Labute approximate surface area is 357 Å². The Balaban J connectivity index is 1.14. The Kier molecular flexibility index (Phi) is 7.88. The van der Waals surface area contributed by atoms with E-state index in [1.165, 1.54) is 20.9 Å². The number of furan rings is 1. The first kappa shape index (κ1) is 35.5. The van der Waals surface area contributed by atoms with Crippen LogP contribution in [0.5, 0.6) is 0 Å². The van der Waals surface area contributed by atoms with Crippen molar-refractivity contribution in [3.63, 3.8) is 0 Å². The van der Waals surface area contributed by atoms with Crippen LogP contribution in [0.15, 0.2) is 205 Å². The highest BCUT2D eigenvalue weighted by Crippen LogP contribution is 2.41. The summed E-state index contributed by atoms with van der Waals surface area (Å²) < 4.78 is 10.8. The Morgan fingerprint density at radius 2 is 1.13 bits per heavy atom. The fourth-order valence-electron chi connectivity index (χ4n) is 10.0. The largest absolute Gasteiger partial charge is 0.456 e. The third kappa shape index (κ3) is 5.04. The second-order valence-electron chi connectivity index (χ2n) is 15.7. The summed E-state index contributed by atoms with van der Waals surface area (Å²) in [5, 5.41) is 32.0. The van der Waals surface area contributed by atoms with Crippen molar-refractivity contribution in [1.29, 1.82) is 10.5 Å². The van der Waals surface area contributed by atoms with Crippen molar-refractivity contribution in [2.24, 2.45) is 0 Å². The summed E-state index contributed by atoms with van der Waals surface area (Å²) in [7, 11) is -3.16. The van der Waals surface area contributed by atoms with Gasteiger partial charge in [-0.1, -0.05) is 115 Å². The van der Waals surface area contributed by atoms with Crippen LogP contribution in [-0.2, 0) is 0 Å². The Bertz CT molecular complexity index is 3810. The smallest absolute Gasteiger partial charge is 0.179 e. The van der Waals surface area contributed by atoms with Crippen LogP contribution >= 0.6 is 0 Å². The van der Waals surface area contributed by atoms with E-state index in [2.05, 4.69) is 173 Å². The van der Waals surface area contributed by atoms with Gasteiger partial charge >= 0.3 is 0 Å². The minimum absolute atomic E-state index is 0.537. The number of aromatic nitrogens is 3. The molecule has 0 aliphatic heterocycles. The first-order valence-electron chi connectivity index (χ1n) is 20.6. The van der Waals surface area contributed by atoms with E-state index in [-0.39, 0.29) is 0 Å². The number of nitriles is 2. The van der Waals surface area contributed by atoms with Crippen LogP contribution in [-0.4, -0.2) is 22.2 Å². The summed E-state index contributed by atoms with van der Waals surface area (Å²) >= 11 is 0. The number of fused-ring (bicyclic) bond motifs is 10. The maximum Gasteiger partial charge on any atom is 0.179 e. The molecular formula is C55H33N5OSi. The molecule has 0 unspecified atom stereocenters. The van der Waals surface area contributed by atoms with Crippen molar-refractivity contribution in [2.45, 2.75) is 0 Å². The Hall–Kier alpha value is -8.49. The number of rotatable bonds is 6. The third-order valence-electron chi connectivity index (χ3n) is 12.6. The fourth-order valence-corrected chi connectivity index (χ4v) is 14.8. The predicted octanol–water partition coefficient (Wildman–Crippen LogP) is 10.3. The summed E-state index contributed by atoms with van der Waals surface area (Å²) in [4.78, 5) is 4.82. The van der Waals surface area contributed by atoms with E-state index in [1.54, 1.807) is 6.20 Å². The summed E-state index contributed by atoms with van der Waals surface area (Å²) in [5.41, 5.74) is 8.48. The van der Waals surface area contributed by atoms with Gasteiger partial charge in [-0.15, -0.1) is 0 Å². The highest BCUT2D eigenvalue weighted by molar-refractivity contribution is 7.20. The first-order valence-corrected chi connectivity index (χ1v) is 22.6. The van der Waals surface area contributed by atoms with E-state index in [1.807, 2.05) is 42.5 Å². The van der Waals surface area contributed by atoms with E-state index in [0.717, 1.165) is 76.9 Å². The minimum atomic E-state index is -3.16. The zero-order chi connectivity index (χ0) is 41.4. The molecule has 0 fully saturated rings. The molecule has 6 nitrogen and oxygen atoms in total. The second kappa shape index (κ2) is 13.8. The van der Waals surface area contributed by atoms with Gasteiger partial charge in [0.25, 0.3) is 0 Å². The molecular weight excluding hydrogens is 775 g/mol. The molecule has 4 aromatic heterocycles. The molecule has 0 aliphatic rings. The van der Waals surface area contributed by atoms with Gasteiger partial charge in [-0.3, -0.25) is 4.57 Å². The number of hydrogen-bond donors (Lipinski definition) is 0. The molecule has 4 heterocycles. The average Bonchev–Trinajstić information content (AvgIpc) is 4.00. The summed E-state index contributed by atoms with van der Waals surface area (Å²) in [6.45, 7) is 0. The first-order chi connectivity index (χ1) is 30.7. The lowest BCUT2D eigenvalue weighted by molar-refractivity contribution is 0.669. The molecule has 0 spiro atoms. The second-order valence-corrected chi connectivity index (χ2v) is 19.5. The normalized spacial score (nSPS) is 11.8. The van der Waals surface area contributed by atoms with Crippen LogP contribution in [0.4, 0.5) is 0 Å². The van der Waals surface area contributed by atoms with Gasteiger partial charge in [0, 0.05) is 44.2 Å². The summed E-state index contributed by atoms with van der Waals surface area (Å²) in [5.74, 6) is 0. The molecule has 0 N–H and O–H groups in total. The molecule has 0 saturated carbocycles. The van der Waals surface area contributed by atoms with Gasteiger partial charge in [0.05, 0.1) is 39.4 Å². The molecule has 0 saturated heterocycles. The number of pyridine rings is 1. The molecule has 0 aliphatic carbocycles. The van der Waals surface area contributed by atoms with Gasteiger partial charge in [-0.05, 0) is 99.6 Å². The standard InChI is InChI=1S/C55H33N5OSi/c56-34-36-24-26-49-46(31-36)43-21-12-30-58-55(43)60(49)47-27-25-42(32-37(47)35-57)62(39-14-3-1-4-15-39,40-16-5-2-6-17-40)41-18-11-13-38(33-41)59-48-22-9-7-19-44(48)53-50(59)28-29-52-54(53)45-20-8-10-23-51(45)61-52/h1-33H. The molecule has 288 valence electrons. The molecule has 12 aromatic rings. The molecule has 0 radical (unpaired) electrons. The zero-order valence-electron chi connectivity index (χ0n) is 33.2. The topological polar surface area (TPSA) is 83.5 Å². The Morgan fingerprint density at radius 3 is 1.92 bits per heavy atom. The van der Waals surface area contributed by atoms with Crippen molar-refractivity contribution < 1.29 is 4.42 Å². The van der Waals surface area contributed by atoms with E-state index >= 15 is 0 Å². The lowest BCUT2D eigenvalue weighted by Gasteiger charge is -2.35. The minimum Gasteiger partial charge on any atom is -0.456 e. The van der Waals surface area contributed by atoms with E-state index in [9.17, 15) is 10.5 Å². The highest BCUT2D eigenvalue weighted by Gasteiger charge is 2.42. The maximum absolute atomic E-state index is 11.1. The molecule has 12 rings (SSSR count). The number of benzene rings is 8. The fraction of sp³-hybridized carbons (Fsp3) is 0. The van der Waals surface area contributed by atoms with Crippen molar-refractivity contribution in [2.75, 3.05) is 0 Å². The van der Waals surface area contributed by atoms with E-state index in [0.29, 0.717) is 11.1 Å². The molecule has 0 amide bonds. The summed E-state index contributed by atoms with van der Waals surface area (Å²) in [6.07, 6.45) is 1.77. The van der Waals surface area contributed by atoms with Crippen LogP contribution in [0.2, 0.25) is 0 Å². The van der Waals surface area contributed by atoms with Gasteiger partial charge in [-0.25, -0.2) is 4.98 Å². The van der Waals surface area contributed by atoms with Crippen LogP contribution in [0, 0.1) is 22.7 Å². The zero-order valence-corrected chi connectivity index (χ0v) is 34.2. The lowest BCUT2D eigenvalue weighted by Crippen LogP contribution is -2.74. The molecule has 7 heteroatoms. The third-order valence-corrected chi connectivity index (χ3v) is 17.3. The monoisotopic (exact) mass is 807 g/mol. The van der Waals surface area contributed by atoms with Gasteiger partial charge in [0.15, 0.2) is 8.07 Å². The van der Waals surface area contributed by atoms with Crippen LogP contribution in [0.1, 0.15) is 11.1 Å². The van der Waals surface area contributed by atoms with Crippen LogP contribution in [0.25, 0.3) is 77.1 Å². The summed E-state index contributed by atoms with van der Waals surface area (Å²) in [6, 6.07) is 72.8. The maximum atomic E-state index is 11.1. The lowest BCUT2D eigenvalue weighted by atomic mass is 10.1.